The average molecular weight is 417 g/mol. The molecule has 160 valence electrons. The Balaban J connectivity index is 1.70. The average Bonchev–Trinajstić information content (AvgIpc) is 2.66. The molecule has 0 saturated carbocycles. The summed E-state index contributed by atoms with van der Waals surface area (Å²) in [7, 11) is 4.02. The standard InChI is InChI=1S/C25H27F4N/c1-17(9-10-18(2)23-8-6-5-7-21(23)16-30(3)4)19-11-12-20-14-24(26,27)25(28,29)15-22(20)13-19/h5-8,11-13H,1-2,9-10,14-16H2,3-4H3. The van der Waals surface area contributed by atoms with E-state index in [1.165, 1.54) is 11.6 Å². The second kappa shape index (κ2) is 8.38. The molecular weight excluding hydrogens is 390 g/mol. The number of benzene rings is 2. The maximum Gasteiger partial charge on any atom is 0.314 e. The van der Waals surface area contributed by atoms with Crippen LogP contribution < -0.4 is 0 Å². The Hall–Kier alpha value is -2.40. The molecule has 2 aromatic rings. The van der Waals surface area contributed by atoms with Gasteiger partial charge in [0.15, 0.2) is 0 Å². The summed E-state index contributed by atoms with van der Waals surface area (Å²) in [6.45, 7) is 9.12. The van der Waals surface area contributed by atoms with Crippen LogP contribution in [0, 0.1) is 0 Å². The number of hydrogen-bond acceptors (Lipinski definition) is 1. The normalized spacial score (nSPS) is 16.9. The van der Waals surface area contributed by atoms with E-state index in [1.54, 1.807) is 12.1 Å². The minimum absolute atomic E-state index is 0.278. The van der Waals surface area contributed by atoms with Crippen molar-refractivity contribution in [1.82, 2.24) is 4.90 Å². The molecule has 5 heteroatoms. The highest BCUT2D eigenvalue weighted by atomic mass is 19.3. The largest absolute Gasteiger partial charge is 0.314 e. The van der Waals surface area contributed by atoms with Gasteiger partial charge in [0.25, 0.3) is 0 Å². The molecule has 1 nitrogen and oxygen atoms in total. The van der Waals surface area contributed by atoms with Crippen LogP contribution in [0.3, 0.4) is 0 Å². The van der Waals surface area contributed by atoms with Gasteiger partial charge in [-0.3, -0.25) is 0 Å². The summed E-state index contributed by atoms with van der Waals surface area (Å²) in [6.07, 6.45) is -0.586. The van der Waals surface area contributed by atoms with Gasteiger partial charge in [-0.15, -0.1) is 0 Å². The van der Waals surface area contributed by atoms with E-state index >= 15 is 0 Å². The summed E-state index contributed by atoms with van der Waals surface area (Å²) in [6, 6.07) is 12.9. The van der Waals surface area contributed by atoms with Gasteiger partial charge >= 0.3 is 11.8 Å². The van der Waals surface area contributed by atoms with E-state index in [9.17, 15) is 17.6 Å². The van der Waals surface area contributed by atoms with Crippen LogP contribution >= 0.6 is 0 Å². The van der Waals surface area contributed by atoms with Crippen LogP contribution in [0.25, 0.3) is 11.1 Å². The molecule has 0 radical (unpaired) electrons. The molecular formula is C25H27F4N. The number of alkyl halides is 4. The molecule has 0 unspecified atom stereocenters. The van der Waals surface area contributed by atoms with Crippen LogP contribution in [-0.4, -0.2) is 30.8 Å². The molecule has 0 amide bonds. The zero-order chi connectivity index (χ0) is 22.1. The van der Waals surface area contributed by atoms with Crippen molar-refractivity contribution >= 4 is 11.1 Å². The van der Waals surface area contributed by atoms with E-state index in [0.717, 1.165) is 23.3 Å². The van der Waals surface area contributed by atoms with Crippen LogP contribution in [0.5, 0.6) is 0 Å². The minimum Gasteiger partial charge on any atom is -0.305 e. The van der Waals surface area contributed by atoms with Gasteiger partial charge < -0.3 is 4.90 Å². The Labute approximate surface area is 175 Å². The fourth-order valence-corrected chi connectivity index (χ4v) is 3.84. The molecule has 0 aromatic heterocycles. The number of hydrogen-bond donors (Lipinski definition) is 0. The van der Waals surface area contributed by atoms with Gasteiger partial charge in [-0.2, -0.15) is 17.6 Å². The Morgan fingerprint density at radius 2 is 1.47 bits per heavy atom. The molecule has 0 atom stereocenters. The van der Waals surface area contributed by atoms with Crippen molar-refractivity contribution in [2.75, 3.05) is 14.1 Å². The number of allylic oxidation sites excluding steroid dienone is 2. The summed E-state index contributed by atoms with van der Waals surface area (Å²) in [4.78, 5) is 2.09. The molecule has 1 aliphatic carbocycles. The lowest BCUT2D eigenvalue weighted by molar-refractivity contribution is -0.211. The van der Waals surface area contributed by atoms with E-state index in [1.807, 2.05) is 32.3 Å². The summed E-state index contributed by atoms with van der Waals surface area (Å²) in [5.41, 5.74) is 5.33. The van der Waals surface area contributed by atoms with Gasteiger partial charge in [0.1, 0.15) is 0 Å². The van der Waals surface area contributed by atoms with Gasteiger partial charge in [0.05, 0.1) is 0 Å². The van der Waals surface area contributed by atoms with E-state index in [0.29, 0.717) is 18.4 Å². The third kappa shape index (κ3) is 4.67. The summed E-state index contributed by atoms with van der Waals surface area (Å²) < 4.78 is 54.8. The van der Waals surface area contributed by atoms with Gasteiger partial charge in [-0.1, -0.05) is 55.6 Å². The molecule has 0 saturated heterocycles. The first-order valence-electron chi connectivity index (χ1n) is 9.96. The highest BCUT2D eigenvalue weighted by Gasteiger charge is 2.58. The van der Waals surface area contributed by atoms with Crippen molar-refractivity contribution in [3.63, 3.8) is 0 Å². The van der Waals surface area contributed by atoms with Crippen molar-refractivity contribution in [3.05, 3.63) is 83.4 Å². The first-order valence-corrected chi connectivity index (χ1v) is 9.96. The molecule has 3 rings (SSSR count). The molecule has 0 fully saturated rings. The maximum absolute atomic E-state index is 13.8. The SMILES string of the molecule is C=C(CCC(=C)c1ccccc1CN(C)C)c1ccc2c(c1)CC(F)(F)C(F)(F)C2. The molecule has 1 aliphatic rings. The van der Waals surface area contributed by atoms with E-state index in [4.69, 9.17) is 0 Å². The van der Waals surface area contributed by atoms with Crippen molar-refractivity contribution in [2.24, 2.45) is 0 Å². The summed E-state index contributed by atoms with van der Waals surface area (Å²) in [5.74, 6) is -8.03. The highest BCUT2D eigenvalue weighted by Crippen LogP contribution is 2.44. The van der Waals surface area contributed by atoms with E-state index < -0.39 is 24.7 Å². The number of nitrogens with zero attached hydrogens (tertiary/aromatic N) is 1. The fraction of sp³-hybridized carbons (Fsp3) is 0.360. The topological polar surface area (TPSA) is 3.24 Å². The number of halogens is 4. The van der Waals surface area contributed by atoms with Crippen molar-refractivity contribution in [1.29, 1.82) is 0 Å². The Bertz CT molecular complexity index is 959. The van der Waals surface area contributed by atoms with Gasteiger partial charge in [0.2, 0.25) is 0 Å². The lowest BCUT2D eigenvalue weighted by atomic mass is 9.84. The molecule has 0 bridgehead atoms. The van der Waals surface area contributed by atoms with Crippen LogP contribution in [-0.2, 0) is 19.4 Å². The predicted octanol–water partition coefficient (Wildman–Crippen LogP) is 6.62. The van der Waals surface area contributed by atoms with Crippen LogP contribution in [0.4, 0.5) is 17.6 Å². The second-order valence-electron chi connectivity index (χ2n) is 8.35. The Kier molecular flexibility index (Phi) is 6.23. The first-order chi connectivity index (χ1) is 14.0. The lowest BCUT2D eigenvalue weighted by Gasteiger charge is -2.32. The Morgan fingerprint density at radius 3 is 2.13 bits per heavy atom. The predicted molar refractivity (Wildman–Crippen MR) is 115 cm³/mol. The van der Waals surface area contributed by atoms with E-state index in [-0.39, 0.29) is 11.1 Å². The van der Waals surface area contributed by atoms with Crippen molar-refractivity contribution in [3.8, 4) is 0 Å². The summed E-state index contributed by atoms with van der Waals surface area (Å²) >= 11 is 0. The fourth-order valence-electron chi connectivity index (χ4n) is 3.84. The monoisotopic (exact) mass is 417 g/mol. The minimum atomic E-state index is -4.02. The van der Waals surface area contributed by atoms with Gasteiger partial charge in [-0.25, -0.2) is 0 Å². The van der Waals surface area contributed by atoms with Crippen molar-refractivity contribution < 1.29 is 17.6 Å². The highest BCUT2D eigenvalue weighted by molar-refractivity contribution is 5.71. The third-order valence-electron chi connectivity index (χ3n) is 5.59. The zero-order valence-corrected chi connectivity index (χ0v) is 17.5. The van der Waals surface area contributed by atoms with Crippen molar-refractivity contribution in [2.45, 2.75) is 44.1 Å². The smallest absolute Gasteiger partial charge is 0.305 e. The first kappa shape index (κ1) is 22.3. The van der Waals surface area contributed by atoms with Gasteiger partial charge in [0, 0.05) is 19.4 Å². The zero-order valence-electron chi connectivity index (χ0n) is 17.5. The van der Waals surface area contributed by atoms with Crippen LogP contribution in [0.15, 0.2) is 55.6 Å². The number of fused-ring (bicyclic) bond motifs is 1. The van der Waals surface area contributed by atoms with Crippen LogP contribution in [0.1, 0.15) is 40.7 Å². The molecule has 0 spiro atoms. The maximum atomic E-state index is 13.8. The molecule has 2 aromatic carbocycles. The quantitative estimate of drug-likeness (QED) is 0.457. The molecule has 0 aliphatic heterocycles. The molecule has 30 heavy (non-hydrogen) atoms. The molecule has 0 N–H and O–H groups in total. The lowest BCUT2D eigenvalue weighted by Crippen LogP contribution is -2.47. The number of rotatable bonds is 7. The Morgan fingerprint density at radius 1 is 0.867 bits per heavy atom. The van der Waals surface area contributed by atoms with Crippen LogP contribution in [0.2, 0.25) is 0 Å². The second-order valence-corrected chi connectivity index (χ2v) is 8.35. The summed E-state index contributed by atoms with van der Waals surface area (Å²) in [5, 5.41) is 0. The molecule has 0 heterocycles. The third-order valence-corrected chi connectivity index (χ3v) is 5.59. The van der Waals surface area contributed by atoms with Gasteiger partial charge in [-0.05, 0) is 65.9 Å². The van der Waals surface area contributed by atoms with E-state index in [2.05, 4.69) is 24.1 Å².